The molecule has 0 unspecified atom stereocenters. The molecule has 1 amide bonds. The van der Waals surface area contributed by atoms with E-state index in [1.807, 2.05) is 74.5 Å². The number of rotatable bonds is 6. The Kier molecular flexibility index (Phi) is 5.30. The highest BCUT2D eigenvalue weighted by Crippen LogP contribution is 2.27. The SMILES string of the molecule is Cc1nn(-c2ccccc2)c(C)c1NC(=O)COc1ccc2ccccc2c1C=O. The van der Waals surface area contributed by atoms with Crippen LogP contribution in [-0.4, -0.2) is 28.6 Å². The van der Waals surface area contributed by atoms with Crippen LogP contribution in [0.15, 0.2) is 66.7 Å². The van der Waals surface area contributed by atoms with Crippen molar-refractivity contribution in [2.45, 2.75) is 13.8 Å². The number of benzene rings is 3. The lowest BCUT2D eigenvalue weighted by Crippen LogP contribution is -2.21. The van der Waals surface area contributed by atoms with Gasteiger partial charge in [0.15, 0.2) is 12.9 Å². The van der Waals surface area contributed by atoms with Gasteiger partial charge in [-0.05, 0) is 42.8 Å². The summed E-state index contributed by atoms with van der Waals surface area (Å²) in [7, 11) is 0. The van der Waals surface area contributed by atoms with Gasteiger partial charge < -0.3 is 10.1 Å². The van der Waals surface area contributed by atoms with E-state index in [9.17, 15) is 9.59 Å². The molecule has 0 saturated carbocycles. The third-order valence-corrected chi connectivity index (χ3v) is 4.96. The van der Waals surface area contributed by atoms with Crippen LogP contribution in [0.2, 0.25) is 0 Å². The summed E-state index contributed by atoms with van der Waals surface area (Å²) in [5, 5.41) is 9.14. The van der Waals surface area contributed by atoms with Gasteiger partial charge in [0.25, 0.3) is 5.91 Å². The number of aromatic nitrogens is 2. The fourth-order valence-electron chi connectivity index (χ4n) is 3.49. The van der Waals surface area contributed by atoms with E-state index in [2.05, 4.69) is 10.4 Å². The van der Waals surface area contributed by atoms with E-state index in [-0.39, 0.29) is 12.5 Å². The first-order valence-electron chi connectivity index (χ1n) is 9.59. The Balaban J connectivity index is 1.51. The summed E-state index contributed by atoms with van der Waals surface area (Å²) >= 11 is 0. The van der Waals surface area contributed by atoms with E-state index < -0.39 is 0 Å². The van der Waals surface area contributed by atoms with Crippen molar-refractivity contribution in [3.8, 4) is 11.4 Å². The number of anilines is 1. The molecule has 3 aromatic carbocycles. The Bertz CT molecular complexity index is 1230. The molecule has 0 aliphatic heterocycles. The van der Waals surface area contributed by atoms with Crippen LogP contribution in [0.1, 0.15) is 21.7 Å². The van der Waals surface area contributed by atoms with Crippen LogP contribution in [0.3, 0.4) is 0 Å². The molecule has 0 fully saturated rings. The number of nitrogens with one attached hydrogen (secondary N) is 1. The minimum Gasteiger partial charge on any atom is -0.483 e. The fourth-order valence-corrected chi connectivity index (χ4v) is 3.49. The lowest BCUT2D eigenvalue weighted by atomic mass is 10.0. The normalized spacial score (nSPS) is 10.7. The highest BCUT2D eigenvalue weighted by Gasteiger charge is 2.16. The number of aryl methyl sites for hydroxylation is 1. The largest absolute Gasteiger partial charge is 0.483 e. The average Bonchev–Trinajstić information content (AvgIpc) is 3.06. The lowest BCUT2D eigenvalue weighted by molar-refractivity contribution is -0.118. The molecule has 1 heterocycles. The number of hydrogen-bond donors (Lipinski definition) is 1. The molecule has 30 heavy (non-hydrogen) atoms. The number of para-hydroxylation sites is 1. The number of ether oxygens (including phenoxy) is 1. The highest BCUT2D eigenvalue weighted by molar-refractivity contribution is 6.01. The molecule has 6 heteroatoms. The van der Waals surface area contributed by atoms with Crippen molar-refractivity contribution in [3.05, 3.63) is 83.7 Å². The average molecular weight is 399 g/mol. The van der Waals surface area contributed by atoms with Crippen molar-refractivity contribution in [2.24, 2.45) is 0 Å². The number of fused-ring (bicyclic) bond motifs is 1. The second kappa shape index (κ2) is 8.21. The summed E-state index contributed by atoms with van der Waals surface area (Å²) in [4.78, 5) is 24.1. The van der Waals surface area contributed by atoms with Crippen molar-refractivity contribution < 1.29 is 14.3 Å². The van der Waals surface area contributed by atoms with Crippen molar-refractivity contribution >= 4 is 28.7 Å². The van der Waals surface area contributed by atoms with Gasteiger partial charge >= 0.3 is 0 Å². The van der Waals surface area contributed by atoms with Gasteiger partial charge in [-0.25, -0.2) is 4.68 Å². The summed E-state index contributed by atoms with van der Waals surface area (Å²) < 4.78 is 7.46. The zero-order chi connectivity index (χ0) is 21.1. The smallest absolute Gasteiger partial charge is 0.262 e. The summed E-state index contributed by atoms with van der Waals surface area (Å²) in [6, 6.07) is 20.9. The highest BCUT2D eigenvalue weighted by atomic mass is 16.5. The maximum Gasteiger partial charge on any atom is 0.262 e. The molecule has 4 rings (SSSR count). The lowest BCUT2D eigenvalue weighted by Gasteiger charge is -2.11. The molecule has 0 atom stereocenters. The van der Waals surface area contributed by atoms with Gasteiger partial charge in [-0.15, -0.1) is 0 Å². The van der Waals surface area contributed by atoms with Crippen LogP contribution in [-0.2, 0) is 4.79 Å². The maximum absolute atomic E-state index is 12.5. The molecular formula is C24H21N3O3. The minimum atomic E-state index is -0.321. The molecular weight excluding hydrogens is 378 g/mol. The molecule has 0 radical (unpaired) electrons. The molecule has 0 aliphatic carbocycles. The van der Waals surface area contributed by atoms with E-state index in [1.54, 1.807) is 10.7 Å². The van der Waals surface area contributed by atoms with Crippen molar-refractivity contribution in [1.29, 1.82) is 0 Å². The van der Waals surface area contributed by atoms with Crippen molar-refractivity contribution in [1.82, 2.24) is 9.78 Å². The second-order valence-corrected chi connectivity index (χ2v) is 6.95. The summed E-state index contributed by atoms with van der Waals surface area (Å²) in [6.07, 6.45) is 0.758. The number of nitrogens with zero attached hydrogens (tertiary/aromatic N) is 2. The monoisotopic (exact) mass is 399 g/mol. The number of carbonyl (C=O) groups excluding carboxylic acids is 2. The van der Waals surface area contributed by atoms with Crippen LogP contribution < -0.4 is 10.1 Å². The van der Waals surface area contributed by atoms with Crippen LogP contribution in [0, 0.1) is 13.8 Å². The molecule has 0 spiro atoms. The Labute approximate surface area is 174 Å². The number of aldehydes is 1. The third kappa shape index (κ3) is 3.67. The molecule has 6 nitrogen and oxygen atoms in total. The van der Waals surface area contributed by atoms with Gasteiger partial charge in [0.2, 0.25) is 0 Å². The Morgan fingerprint density at radius 2 is 1.77 bits per heavy atom. The van der Waals surface area contributed by atoms with Gasteiger partial charge in [-0.2, -0.15) is 5.10 Å². The third-order valence-electron chi connectivity index (χ3n) is 4.96. The second-order valence-electron chi connectivity index (χ2n) is 6.95. The minimum absolute atomic E-state index is 0.214. The number of amides is 1. The van der Waals surface area contributed by atoms with Crippen LogP contribution in [0.25, 0.3) is 16.5 Å². The van der Waals surface area contributed by atoms with Gasteiger partial charge in [-0.1, -0.05) is 48.5 Å². The Morgan fingerprint density at radius 3 is 2.53 bits per heavy atom. The molecule has 4 aromatic rings. The first-order valence-corrected chi connectivity index (χ1v) is 9.59. The Morgan fingerprint density at radius 1 is 1.03 bits per heavy atom. The van der Waals surface area contributed by atoms with Crippen LogP contribution >= 0.6 is 0 Å². The van der Waals surface area contributed by atoms with Gasteiger partial charge in [-0.3, -0.25) is 9.59 Å². The molecule has 150 valence electrons. The van der Waals surface area contributed by atoms with E-state index in [1.165, 1.54) is 0 Å². The predicted molar refractivity (Wildman–Crippen MR) is 116 cm³/mol. The van der Waals surface area contributed by atoms with E-state index in [4.69, 9.17) is 4.74 Å². The first kappa shape index (κ1) is 19.4. The molecule has 1 N–H and O–H groups in total. The van der Waals surface area contributed by atoms with E-state index in [0.29, 0.717) is 22.7 Å². The van der Waals surface area contributed by atoms with Gasteiger partial charge in [0.05, 0.1) is 28.3 Å². The maximum atomic E-state index is 12.5. The van der Waals surface area contributed by atoms with Gasteiger partial charge in [0.1, 0.15) is 5.75 Å². The zero-order valence-electron chi connectivity index (χ0n) is 16.8. The fraction of sp³-hybridized carbons (Fsp3) is 0.125. The summed E-state index contributed by atoms with van der Waals surface area (Å²) in [6.45, 7) is 3.53. The molecule has 0 aliphatic rings. The van der Waals surface area contributed by atoms with Crippen LogP contribution in [0.5, 0.6) is 5.75 Å². The summed E-state index contributed by atoms with van der Waals surface area (Å²) in [5.74, 6) is 0.0612. The number of hydrogen-bond acceptors (Lipinski definition) is 4. The standard InChI is InChI=1S/C24H21N3O3/c1-16-24(17(2)27(26-16)19-9-4-3-5-10-19)25-23(29)15-30-22-13-12-18-8-6-7-11-20(18)21(22)14-28/h3-14H,15H2,1-2H3,(H,25,29). The summed E-state index contributed by atoms with van der Waals surface area (Å²) in [5.41, 5.74) is 3.55. The van der Waals surface area contributed by atoms with E-state index >= 15 is 0 Å². The van der Waals surface area contributed by atoms with E-state index in [0.717, 1.165) is 28.4 Å². The van der Waals surface area contributed by atoms with Crippen LogP contribution in [0.4, 0.5) is 5.69 Å². The van der Waals surface area contributed by atoms with Crippen molar-refractivity contribution in [3.63, 3.8) is 0 Å². The predicted octanol–water partition coefficient (Wildman–Crippen LogP) is 4.47. The number of carbonyl (C=O) groups is 2. The van der Waals surface area contributed by atoms with Crippen molar-refractivity contribution in [2.75, 3.05) is 11.9 Å². The zero-order valence-corrected chi connectivity index (χ0v) is 16.8. The molecule has 0 saturated heterocycles. The Hall–Kier alpha value is -3.93. The molecule has 1 aromatic heterocycles. The van der Waals surface area contributed by atoms with Gasteiger partial charge in [0, 0.05) is 0 Å². The quantitative estimate of drug-likeness (QED) is 0.486. The molecule has 0 bridgehead atoms. The topological polar surface area (TPSA) is 73.2 Å². The first-order chi connectivity index (χ1) is 14.6.